The van der Waals surface area contributed by atoms with Crippen molar-refractivity contribution in [3.63, 3.8) is 0 Å². The first-order valence-corrected chi connectivity index (χ1v) is 5.93. The number of hydrogen-bond donors (Lipinski definition) is 1. The van der Waals surface area contributed by atoms with Crippen LogP contribution in [0.5, 0.6) is 0 Å². The Balaban J connectivity index is 3.30. The molecule has 0 bridgehead atoms. The summed E-state index contributed by atoms with van der Waals surface area (Å²) in [5.74, 6) is -0.934. The Morgan fingerprint density at radius 2 is 2.20 bits per heavy atom. The zero-order chi connectivity index (χ0) is 11.6. The molecule has 1 atom stereocenters. The number of pyridine rings is 1. The molecule has 15 heavy (non-hydrogen) atoms. The molecule has 7 heteroatoms. The molecule has 0 aliphatic carbocycles. The molecule has 0 radical (unpaired) electrons. The van der Waals surface area contributed by atoms with E-state index in [0.29, 0.717) is 0 Å². The first-order chi connectivity index (χ1) is 6.87. The summed E-state index contributed by atoms with van der Waals surface area (Å²) in [6.07, 6.45) is 1.28. The van der Waals surface area contributed by atoms with Gasteiger partial charge in [-0.25, -0.2) is 13.4 Å². The fraction of sp³-hybridized carbons (Fsp3) is 0.250. The van der Waals surface area contributed by atoms with Gasteiger partial charge in [0.25, 0.3) is 0 Å². The van der Waals surface area contributed by atoms with Crippen molar-refractivity contribution in [1.29, 1.82) is 0 Å². The number of rotatable bonds is 3. The molecular weight excluding hydrogens is 240 g/mol. The summed E-state index contributed by atoms with van der Waals surface area (Å²) < 4.78 is 23.5. The standard InChI is InChI=1S/C8H9ClN2O3S/c1-5(7(10)12)15(13,14)8-6(9)3-2-4-11-8/h2-5H,1H3,(H2,10,12)/t5-/m1/s1. The lowest BCUT2D eigenvalue weighted by Gasteiger charge is -2.09. The zero-order valence-corrected chi connectivity index (χ0v) is 9.42. The van der Waals surface area contributed by atoms with E-state index in [0.717, 1.165) is 0 Å². The summed E-state index contributed by atoms with van der Waals surface area (Å²) in [6, 6.07) is 2.88. The molecule has 2 N–H and O–H groups in total. The van der Waals surface area contributed by atoms with Crippen LogP contribution < -0.4 is 5.73 Å². The van der Waals surface area contributed by atoms with Crippen molar-refractivity contribution in [2.75, 3.05) is 0 Å². The molecule has 82 valence electrons. The minimum absolute atomic E-state index is 0.0226. The van der Waals surface area contributed by atoms with E-state index in [4.69, 9.17) is 17.3 Å². The van der Waals surface area contributed by atoms with Crippen molar-refractivity contribution in [2.45, 2.75) is 17.2 Å². The molecule has 0 aliphatic rings. The lowest BCUT2D eigenvalue weighted by Crippen LogP contribution is -2.33. The molecular formula is C8H9ClN2O3S. The normalized spacial score (nSPS) is 13.5. The van der Waals surface area contributed by atoms with Gasteiger partial charge in [-0.2, -0.15) is 0 Å². The molecule has 0 aliphatic heterocycles. The second kappa shape index (κ2) is 4.16. The molecule has 0 saturated carbocycles. The van der Waals surface area contributed by atoms with Gasteiger partial charge >= 0.3 is 0 Å². The molecule has 5 nitrogen and oxygen atoms in total. The highest BCUT2D eigenvalue weighted by atomic mass is 35.5. The largest absolute Gasteiger partial charge is 0.369 e. The van der Waals surface area contributed by atoms with Crippen LogP contribution in [0.2, 0.25) is 5.02 Å². The Morgan fingerprint density at radius 3 is 2.67 bits per heavy atom. The number of carbonyl (C=O) groups excluding carboxylic acids is 1. The van der Waals surface area contributed by atoms with E-state index in [1.54, 1.807) is 0 Å². The highest BCUT2D eigenvalue weighted by molar-refractivity contribution is 7.92. The van der Waals surface area contributed by atoms with Gasteiger partial charge in [-0.15, -0.1) is 0 Å². The molecule has 1 aromatic heterocycles. The van der Waals surface area contributed by atoms with Gasteiger partial charge < -0.3 is 5.73 Å². The monoisotopic (exact) mass is 248 g/mol. The number of aromatic nitrogens is 1. The highest BCUT2D eigenvalue weighted by Crippen LogP contribution is 2.21. The van der Waals surface area contributed by atoms with E-state index in [-0.39, 0.29) is 10.0 Å². The van der Waals surface area contributed by atoms with Crippen molar-refractivity contribution in [1.82, 2.24) is 4.98 Å². The molecule has 1 rings (SSSR count). The fourth-order valence-corrected chi connectivity index (χ4v) is 2.53. The third-order valence-electron chi connectivity index (χ3n) is 1.86. The molecule has 0 fully saturated rings. The van der Waals surface area contributed by atoms with Crippen LogP contribution in [0.3, 0.4) is 0 Å². The molecule has 0 unspecified atom stereocenters. The van der Waals surface area contributed by atoms with Crippen molar-refractivity contribution in [3.8, 4) is 0 Å². The lowest BCUT2D eigenvalue weighted by atomic mass is 10.5. The van der Waals surface area contributed by atoms with E-state index in [1.807, 2.05) is 0 Å². The van der Waals surface area contributed by atoms with Crippen LogP contribution in [-0.2, 0) is 14.6 Å². The van der Waals surface area contributed by atoms with Crippen LogP contribution in [0, 0.1) is 0 Å². The second-order valence-corrected chi connectivity index (χ2v) is 5.47. The summed E-state index contributed by atoms with van der Waals surface area (Å²) in [6.45, 7) is 1.20. The van der Waals surface area contributed by atoms with Gasteiger partial charge in [-0.05, 0) is 19.1 Å². The van der Waals surface area contributed by atoms with Crippen LogP contribution in [0.25, 0.3) is 0 Å². The van der Waals surface area contributed by atoms with Crippen molar-refractivity contribution in [3.05, 3.63) is 23.4 Å². The van der Waals surface area contributed by atoms with Gasteiger partial charge in [0.2, 0.25) is 15.7 Å². The molecule has 1 amide bonds. The fourth-order valence-electron chi connectivity index (χ4n) is 0.901. The molecule has 1 aromatic rings. The van der Waals surface area contributed by atoms with E-state index >= 15 is 0 Å². The van der Waals surface area contributed by atoms with Crippen LogP contribution >= 0.6 is 11.6 Å². The number of nitrogens with two attached hydrogens (primary N) is 1. The topological polar surface area (TPSA) is 90.1 Å². The zero-order valence-electron chi connectivity index (χ0n) is 7.84. The van der Waals surface area contributed by atoms with Gasteiger partial charge in [-0.3, -0.25) is 4.79 Å². The molecule has 0 saturated heterocycles. The average Bonchev–Trinajstić information content (AvgIpc) is 2.16. The number of nitrogens with zero attached hydrogens (tertiary/aromatic N) is 1. The lowest BCUT2D eigenvalue weighted by molar-refractivity contribution is -0.117. The van der Waals surface area contributed by atoms with E-state index in [1.165, 1.54) is 25.3 Å². The summed E-state index contributed by atoms with van der Waals surface area (Å²) in [5, 5.41) is -1.69. The summed E-state index contributed by atoms with van der Waals surface area (Å²) in [7, 11) is -3.89. The van der Waals surface area contributed by atoms with Crippen molar-refractivity contribution < 1.29 is 13.2 Å². The Kier molecular flexibility index (Phi) is 3.31. The molecule has 0 spiro atoms. The van der Waals surface area contributed by atoms with Crippen LogP contribution in [0.1, 0.15) is 6.92 Å². The first-order valence-electron chi connectivity index (χ1n) is 4.01. The number of sulfone groups is 1. The summed E-state index contributed by atoms with van der Waals surface area (Å²) in [5.41, 5.74) is 4.92. The number of amides is 1. The number of primary amides is 1. The molecule has 0 aromatic carbocycles. The predicted molar refractivity (Wildman–Crippen MR) is 55.1 cm³/mol. The average molecular weight is 249 g/mol. The van der Waals surface area contributed by atoms with Gasteiger partial charge in [0.15, 0.2) is 5.03 Å². The predicted octanol–water partition coefficient (Wildman–Crippen LogP) is 0.383. The van der Waals surface area contributed by atoms with Gasteiger partial charge in [-0.1, -0.05) is 11.6 Å². The van der Waals surface area contributed by atoms with E-state index in [2.05, 4.69) is 4.98 Å². The smallest absolute Gasteiger partial charge is 0.235 e. The minimum Gasteiger partial charge on any atom is -0.369 e. The van der Waals surface area contributed by atoms with Crippen LogP contribution in [0.15, 0.2) is 23.4 Å². The summed E-state index contributed by atoms with van der Waals surface area (Å²) in [4.78, 5) is 14.4. The maximum Gasteiger partial charge on any atom is 0.235 e. The van der Waals surface area contributed by atoms with Gasteiger partial charge in [0.05, 0.1) is 5.02 Å². The minimum atomic E-state index is -3.89. The Morgan fingerprint density at radius 1 is 1.60 bits per heavy atom. The van der Waals surface area contributed by atoms with Gasteiger partial charge in [0.1, 0.15) is 5.25 Å². The highest BCUT2D eigenvalue weighted by Gasteiger charge is 2.30. The van der Waals surface area contributed by atoms with Crippen LogP contribution in [0.4, 0.5) is 0 Å². The number of hydrogen-bond acceptors (Lipinski definition) is 4. The SMILES string of the molecule is C[C@H](C(N)=O)S(=O)(=O)c1ncccc1Cl. The molecule has 1 heterocycles. The number of halogens is 1. The Hall–Kier alpha value is -1.14. The van der Waals surface area contributed by atoms with E-state index in [9.17, 15) is 13.2 Å². The number of carbonyl (C=O) groups is 1. The third-order valence-corrected chi connectivity index (χ3v) is 4.30. The quantitative estimate of drug-likeness (QED) is 0.837. The van der Waals surface area contributed by atoms with Crippen molar-refractivity contribution in [2.24, 2.45) is 5.73 Å². The second-order valence-electron chi connectivity index (χ2n) is 2.88. The van der Waals surface area contributed by atoms with Crippen molar-refractivity contribution >= 4 is 27.3 Å². The third kappa shape index (κ3) is 2.27. The van der Waals surface area contributed by atoms with Crippen LogP contribution in [-0.4, -0.2) is 24.6 Å². The van der Waals surface area contributed by atoms with Gasteiger partial charge in [0, 0.05) is 6.20 Å². The Bertz CT molecular complexity index is 486. The Labute approximate surface area is 92.2 Å². The maximum absolute atomic E-state index is 11.7. The maximum atomic E-state index is 11.7. The van der Waals surface area contributed by atoms with E-state index < -0.39 is 21.0 Å². The summed E-state index contributed by atoms with van der Waals surface area (Å²) >= 11 is 5.66. The first kappa shape index (κ1) is 11.9.